The number of unbranched alkanes of at least 4 members (excludes halogenated alkanes) is 1. The summed E-state index contributed by atoms with van der Waals surface area (Å²) in [6, 6.07) is 7.68. The van der Waals surface area contributed by atoms with Crippen molar-refractivity contribution in [1.82, 2.24) is 0 Å². The van der Waals surface area contributed by atoms with Crippen molar-refractivity contribution in [2.75, 3.05) is 12.8 Å². The molecular weight excluding hydrogens is 207 g/mol. The summed E-state index contributed by atoms with van der Waals surface area (Å²) in [6.45, 7) is 5.82. The average Bonchev–Trinajstić information content (AvgIpc) is 2.18. The van der Waals surface area contributed by atoms with Gasteiger partial charge in [-0.1, -0.05) is 31.0 Å². The lowest BCUT2D eigenvalue weighted by Crippen LogP contribution is -1.96. The van der Waals surface area contributed by atoms with Gasteiger partial charge in [-0.25, -0.2) is 0 Å². The quantitative estimate of drug-likeness (QED) is 0.707. The molecule has 0 amide bonds. The van der Waals surface area contributed by atoms with Gasteiger partial charge in [0.05, 0.1) is 0 Å². The molecule has 0 aliphatic heterocycles. The molecule has 0 heterocycles. The fraction of sp³-hybridized carbons (Fsp3) is 0.500. The van der Waals surface area contributed by atoms with Crippen LogP contribution in [0.2, 0.25) is 0 Å². The Morgan fingerprint density at radius 1 is 1.27 bits per heavy atom. The third-order valence-electron chi connectivity index (χ3n) is 2.24. The van der Waals surface area contributed by atoms with E-state index in [0.29, 0.717) is 11.9 Å². The Morgan fingerprint density at radius 2 is 1.87 bits per heavy atom. The summed E-state index contributed by atoms with van der Waals surface area (Å²) < 4.78 is 17.5. The first-order valence-corrected chi connectivity index (χ1v) is 7.62. The molecule has 3 heteroatoms. The first kappa shape index (κ1) is 12.3. The number of hydrogen-bond donors (Lipinski definition) is 0. The van der Waals surface area contributed by atoms with Crippen molar-refractivity contribution >= 4 is 7.37 Å². The highest BCUT2D eigenvalue weighted by atomic mass is 31.2. The molecular formula is C12H19O2P. The lowest BCUT2D eigenvalue weighted by atomic mass is 10.2. The average molecular weight is 226 g/mol. The second-order valence-corrected chi connectivity index (χ2v) is 6.65. The van der Waals surface area contributed by atoms with Crippen LogP contribution in [0.15, 0.2) is 24.3 Å². The smallest absolute Gasteiger partial charge is 0.244 e. The van der Waals surface area contributed by atoms with Crippen LogP contribution in [-0.2, 0) is 4.57 Å². The van der Waals surface area contributed by atoms with E-state index in [1.807, 2.05) is 31.2 Å². The highest BCUT2D eigenvalue weighted by molar-refractivity contribution is 7.58. The minimum atomic E-state index is -2.45. The van der Waals surface area contributed by atoms with Crippen LogP contribution >= 0.6 is 7.37 Å². The van der Waals surface area contributed by atoms with Crippen LogP contribution in [0.3, 0.4) is 0 Å². The fourth-order valence-electron chi connectivity index (χ4n) is 1.31. The first-order valence-electron chi connectivity index (χ1n) is 5.36. The van der Waals surface area contributed by atoms with E-state index in [0.717, 1.165) is 12.8 Å². The van der Waals surface area contributed by atoms with Gasteiger partial charge in [-0.2, -0.15) is 0 Å². The largest absolute Gasteiger partial charge is 0.443 e. The first-order chi connectivity index (χ1) is 7.03. The maximum atomic E-state index is 12.0. The molecule has 2 nitrogen and oxygen atoms in total. The van der Waals surface area contributed by atoms with E-state index in [1.54, 1.807) is 6.66 Å². The molecule has 1 unspecified atom stereocenters. The van der Waals surface area contributed by atoms with Crippen molar-refractivity contribution in [3.05, 3.63) is 29.8 Å². The summed E-state index contributed by atoms with van der Waals surface area (Å²) in [5, 5.41) is 0. The van der Waals surface area contributed by atoms with Gasteiger partial charge in [0.2, 0.25) is 7.37 Å². The van der Waals surface area contributed by atoms with Crippen LogP contribution in [0.4, 0.5) is 0 Å². The number of benzene rings is 1. The molecule has 0 radical (unpaired) electrons. The molecule has 0 bridgehead atoms. The topological polar surface area (TPSA) is 26.3 Å². The van der Waals surface area contributed by atoms with E-state index in [-0.39, 0.29) is 0 Å². The van der Waals surface area contributed by atoms with E-state index < -0.39 is 7.37 Å². The molecule has 15 heavy (non-hydrogen) atoms. The van der Waals surface area contributed by atoms with Gasteiger partial charge in [0.15, 0.2) is 0 Å². The summed E-state index contributed by atoms with van der Waals surface area (Å²) in [7, 11) is -2.45. The van der Waals surface area contributed by atoms with Gasteiger partial charge in [-0.05, 0) is 25.5 Å². The fourth-order valence-corrected chi connectivity index (χ4v) is 2.86. The Morgan fingerprint density at radius 3 is 2.40 bits per heavy atom. The number of hydrogen-bond acceptors (Lipinski definition) is 2. The Labute approximate surface area is 92.1 Å². The Bertz CT molecular complexity index is 343. The van der Waals surface area contributed by atoms with E-state index in [1.165, 1.54) is 5.56 Å². The van der Waals surface area contributed by atoms with E-state index >= 15 is 0 Å². The minimum Gasteiger partial charge on any atom is -0.443 e. The summed E-state index contributed by atoms with van der Waals surface area (Å²) in [5.74, 6) is 0.711. The van der Waals surface area contributed by atoms with Crippen molar-refractivity contribution in [1.29, 1.82) is 0 Å². The van der Waals surface area contributed by atoms with E-state index in [9.17, 15) is 4.57 Å². The zero-order chi connectivity index (χ0) is 11.3. The maximum absolute atomic E-state index is 12.0. The summed E-state index contributed by atoms with van der Waals surface area (Å²) in [4.78, 5) is 0. The molecule has 1 aromatic carbocycles. The zero-order valence-electron chi connectivity index (χ0n) is 9.69. The van der Waals surface area contributed by atoms with E-state index in [2.05, 4.69) is 6.92 Å². The molecule has 1 rings (SSSR count). The van der Waals surface area contributed by atoms with Gasteiger partial charge >= 0.3 is 0 Å². The van der Waals surface area contributed by atoms with Crippen LogP contribution < -0.4 is 4.52 Å². The molecule has 0 N–H and O–H groups in total. The SMILES string of the molecule is CCCCP(C)(=O)Oc1ccc(C)cc1. The summed E-state index contributed by atoms with van der Waals surface area (Å²) >= 11 is 0. The highest BCUT2D eigenvalue weighted by Crippen LogP contribution is 2.43. The van der Waals surface area contributed by atoms with Gasteiger partial charge in [0.1, 0.15) is 5.75 Å². The third-order valence-corrected chi connectivity index (χ3v) is 3.96. The molecule has 84 valence electrons. The van der Waals surface area contributed by atoms with Crippen molar-refractivity contribution in [3.8, 4) is 5.75 Å². The van der Waals surface area contributed by atoms with Gasteiger partial charge in [-0.3, -0.25) is 4.57 Å². The van der Waals surface area contributed by atoms with Crippen LogP contribution in [0.25, 0.3) is 0 Å². The second kappa shape index (κ2) is 5.37. The summed E-state index contributed by atoms with van der Waals surface area (Å²) in [6.07, 6.45) is 2.67. The minimum absolute atomic E-state index is 0.664. The number of rotatable bonds is 5. The molecule has 0 aliphatic rings. The van der Waals surface area contributed by atoms with E-state index in [4.69, 9.17) is 4.52 Å². The number of aryl methyl sites for hydroxylation is 1. The lowest BCUT2D eigenvalue weighted by molar-refractivity contribution is 0.485. The molecule has 0 saturated carbocycles. The monoisotopic (exact) mass is 226 g/mol. The van der Waals surface area contributed by atoms with Gasteiger partial charge in [0.25, 0.3) is 0 Å². The van der Waals surface area contributed by atoms with Crippen molar-refractivity contribution in [3.63, 3.8) is 0 Å². The van der Waals surface area contributed by atoms with Crippen LogP contribution in [0, 0.1) is 6.92 Å². The molecule has 0 aromatic heterocycles. The van der Waals surface area contributed by atoms with Crippen LogP contribution in [0.5, 0.6) is 5.75 Å². The third kappa shape index (κ3) is 4.53. The Kier molecular flexibility index (Phi) is 4.41. The predicted molar refractivity (Wildman–Crippen MR) is 65.1 cm³/mol. The maximum Gasteiger partial charge on any atom is 0.244 e. The molecule has 1 aromatic rings. The molecule has 0 saturated heterocycles. The van der Waals surface area contributed by atoms with Gasteiger partial charge in [0, 0.05) is 12.8 Å². The molecule has 0 spiro atoms. The molecule has 0 aliphatic carbocycles. The molecule has 1 atom stereocenters. The highest BCUT2D eigenvalue weighted by Gasteiger charge is 2.16. The van der Waals surface area contributed by atoms with Crippen LogP contribution in [-0.4, -0.2) is 12.8 Å². The van der Waals surface area contributed by atoms with Gasteiger partial charge in [-0.15, -0.1) is 0 Å². The van der Waals surface area contributed by atoms with Crippen molar-refractivity contribution in [2.45, 2.75) is 26.7 Å². The Hall–Kier alpha value is -0.750. The zero-order valence-corrected chi connectivity index (χ0v) is 10.6. The molecule has 0 fully saturated rings. The van der Waals surface area contributed by atoms with Crippen LogP contribution in [0.1, 0.15) is 25.3 Å². The normalized spacial score (nSPS) is 14.6. The Balaban J connectivity index is 2.60. The second-order valence-electron chi connectivity index (χ2n) is 4.00. The lowest BCUT2D eigenvalue weighted by Gasteiger charge is -2.14. The standard InChI is InChI=1S/C12H19O2P/c1-4-5-10-15(3,13)14-12-8-6-11(2)7-9-12/h6-9H,4-5,10H2,1-3H3. The van der Waals surface area contributed by atoms with Crippen molar-refractivity contribution in [2.24, 2.45) is 0 Å². The predicted octanol–water partition coefficient (Wildman–Crippen LogP) is 4.08. The van der Waals surface area contributed by atoms with Gasteiger partial charge < -0.3 is 4.52 Å². The van der Waals surface area contributed by atoms with Crippen molar-refractivity contribution < 1.29 is 9.09 Å². The summed E-state index contributed by atoms with van der Waals surface area (Å²) in [5.41, 5.74) is 1.18.